The minimum atomic E-state index is -0.582. The fourth-order valence-electron chi connectivity index (χ4n) is 6.28. The standard InChI is InChI=1S/C31H35N7O4/c1-37-27-10-7-20(13-25(27)35-36-37)16-34-30(40)28-14-21(12-19-5-8-23(42-2)9-6-19)18-38(28)31(41)26-15-22(17-33-26)24-4-3-11-32-29(24)39/h3-11,13,21-22,26,28,33H,12,14-18H2,1-2H3,(H,32,39)(H,34,40)/t21-,22?,26-,28+/m1/s1. The number of fused-ring (bicyclic) bond motifs is 1. The van der Waals surface area contributed by atoms with Gasteiger partial charge in [0.05, 0.1) is 18.7 Å². The molecule has 42 heavy (non-hydrogen) atoms. The number of amides is 2. The van der Waals surface area contributed by atoms with Gasteiger partial charge in [0, 0.05) is 44.4 Å². The molecule has 4 atom stereocenters. The Kier molecular flexibility index (Phi) is 7.75. The van der Waals surface area contributed by atoms with Crippen molar-refractivity contribution in [3.63, 3.8) is 0 Å². The molecule has 4 heterocycles. The molecule has 2 fully saturated rings. The average molecular weight is 570 g/mol. The number of likely N-dealkylation sites (tertiary alicyclic amines) is 1. The summed E-state index contributed by atoms with van der Waals surface area (Å²) in [5.41, 5.74) is 4.27. The van der Waals surface area contributed by atoms with Crippen LogP contribution in [-0.4, -0.2) is 69.0 Å². The second kappa shape index (κ2) is 11.8. The van der Waals surface area contributed by atoms with Crippen LogP contribution in [0.25, 0.3) is 11.0 Å². The zero-order valence-corrected chi connectivity index (χ0v) is 23.7. The molecule has 0 saturated carbocycles. The normalized spacial score (nSPS) is 22.0. The summed E-state index contributed by atoms with van der Waals surface area (Å²) in [6.45, 7) is 1.35. The van der Waals surface area contributed by atoms with Crippen LogP contribution in [-0.2, 0) is 29.6 Å². The Balaban J connectivity index is 1.17. The molecule has 1 unspecified atom stereocenters. The Morgan fingerprint density at radius 3 is 2.69 bits per heavy atom. The lowest BCUT2D eigenvalue weighted by Crippen LogP contribution is -2.51. The number of aromatic nitrogens is 4. The highest BCUT2D eigenvalue weighted by Crippen LogP contribution is 2.31. The van der Waals surface area contributed by atoms with Crippen LogP contribution in [0.3, 0.4) is 0 Å². The van der Waals surface area contributed by atoms with Crippen molar-refractivity contribution in [1.82, 2.24) is 35.5 Å². The third-order valence-corrected chi connectivity index (χ3v) is 8.52. The Bertz CT molecular complexity index is 1650. The van der Waals surface area contributed by atoms with E-state index in [1.807, 2.05) is 55.6 Å². The lowest BCUT2D eigenvalue weighted by molar-refractivity contribution is -0.139. The van der Waals surface area contributed by atoms with Crippen molar-refractivity contribution in [3.05, 3.63) is 87.8 Å². The number of aromatic amines is 1. The van der Waals surface area contributed by atoms with Gasteiger partial charge in [-0.05, 0) is 66.6 Å². The van der Waals surface area contributed by atoms with Gasteiger partial charge in [-0.15, -0.1) is 5.10 Å². The molecule has 0 bridgehead atoms. The maximum atomic E-state index is 13.9. The number of nitrogens with one attached hydrogen (secondary N) is 3. The van der Waals surface area contributed by atoms with Crippen molar-refractivity contribution in [2.24, 2.45) is 13.0 Å². The number of rotatable bonds is 8. The zero-order chi connectivity index (χ0) is 29.2. The van der Waals surface area contributed by atoms with Crippen LogP contribution in [0.5, 0.6) is 5.75 Å². The van der Waals surface area contributed by atoms with E-state index >= 15 is 0 Å². The van der Waals surface area contributed by atoms with E-state index in [0.717, 1.165) is 34.3 Å². The van der Waals surface area contributed by atoms with Crippen molar-refractivity contribution >= 4 is 22.8 Å². The summed E-state index contributed by atoms with van der Waals surface area (Å²) < 4.78 is 6.99. The third-order valence-electron chi connectivity index (χ3n) is 8.52. The Morgan fingerprint density at radius 1 is 1.10 bits per heavy atom. The quantitative estimate of drug-likeness (QED) is 0.295. The number of carbonyl (C=O) groups excluding carboxylic acids is 2. The molecule has 3 N–H and O–H groups in total. The second-order valence-electron chi connectivity index (χ2n) is 11.3. The van der Waals surface area contributed by atoms with Gasteiger partial charge in [0.15, 0.2) is 0 Å². The van der Waals surface area contributed by atoms with E-state index < -0.39 is 12.1 Å². The smallest absolute Gasteiger partial charge is 0.251 e. The van der Waals surface area contributed by atoms with Crippen molar-refractivity contribution in [3.8, 4) is 5.75 Å². The lowest BCUT2D eigenvalue weighted by atomic mass is 9.96. The maximum Gasteiger partial charge on any atom is 0.251 e. The van der Waals surface area contributed by atoms with E-state index in [1.165, 1.54) is 0 Å². The Hall–Kier alpha value is -4.51. The number of H-pyrrole nitrogens is 1. The zero-order valence-electron chi connectivity index (χ0n) is 23.7. The summed E-state index contributed by atoms with van der Waals surface area (Å²) in [4.78, 5) is 44.3. The minimum absolute atomic E-state index is 0.0649. The summed E-state index contributed by atoms with van der Waals surface area (Å²) in [5, 5.41) is 14.6. The summed E-state index contributed by atoms with van der Waals surface area (Å²) in [5.74, 6) is 0.586. The van der Waals surface area contributed by atoms with Crippen molar-refractivity contribution in [2.75, 3.05) is 20.2 Å². The summed E-state index contributed by atoms with van der Waals surface area (Å²) in [6, 6.07) is 16.3. The van der Waals surface area contributed by atoms with Crippen LogP contribution in [0.2, 0.25) is 0 Å². The van der Waals surface area contributed by atoms with Gasteiger partial charge in [-0.3, -0.25) is 14.4 Å². The highest BCUT2D eigenvalue weighted by molar-refractivity contribution is 5.90. The van der Waals surface area contributed by atoms with Crippen LogP contribution in [0.4, 0.5) is 0 Å². The fourth-order valence-corrected chi connectivity index (χ4v) is 6.28. The fraction of sp³-hybridized carbons (Fsp3) is 0.387. The van der Waals surface area contributed by atoms with Gasteiger partial charge in [-0.1, -0.05) is 29.5 Å². The SMILES string of the molecule is COc1ccc(C[C@@H]2C[C@@H](C(=O)NCc3ccc4c(c3)nnn4C)N(C(=O)[C@H]3CC(c4ccc[nH]c4=O)CN3)C2)cc1. The molecule has 0 spiro atoms. The van der Waals surface area contributed by atoms with Crippen LogP contribution < -0.4 is 20.9 Å². The molecule has 2 saturated heterocycles. The van der Waals surface area contributed by atoms with E-state index in [9.17, 15) is 14.4 Å². The van der Waals surface area contributed by atoms with Crippen LogP contribution >= 0.6 is 0 Å². The van der Waals surface area contributed by atoms with E-state index in [4.69, 9.17) is 4.74 Å². The van der Waals surface area contributed by atoms with Gasteiger partial charge in [-0.2, -0.15) is 0 Å². The van der Waals surface area contributed by atoms with E-state index in [2.05, 4.69) is 25.9 Å². The van der Waals surface area contributed by atoms with E-state index in [0.29, 0.717) is 38.0 Å². The van der Waals surface area contributed by atoms with Crippen LogP contribution in [0.15, 0.2) is 65.6 Å². The number of ether oxygens (including phenoxy) is 1. The third kappa shape index (κ3) is 5.64. The number of benzene rings is 2. The number of nitrogens with zero attached hydrogens (tertiary/aromatic N) is 4. The Labute approximate surface area is 243 Å². The number of hydrogen-bond donors (Lipinski definition) is 3. The minimum Gasteiger partial charge on any atom is -0.497 e. The predicted molar refractivity (Wildman–Crippen MR) is 157 cm³/mol. The van der Waals surface area contributed by atoms with Gasteiger partial charge in [0.25, 0.3) is 5.56 Å². The van der Waals surface area contributed by atoms with Crippen LogP contribution in [0, 0.1) is 5.92 Å². The van der Waals surface area contributed by atoms with Gasteiger partial charge in [-0.25, -0.2) is 4.68 Å². The first kappa shape index (κ1) is 27.6. The summed E-state index contributed by atoms with van der Waals surface area (Å²) >= 11 is 0. The molecule has 2 aromatic heterocycles. The number of carbonyl (C=O) groups is 2. The van der Waals surface area contributed by atoms with Gasteiger partial charge < -0.3 is 25.3 Å². The number of methoxy groups -OCH3 is 1. The number of aryl methyl sites for hydroxylation is 1. The molecular formula is C31H35N7O4. The van der Waals surface area contributed by atoms with Gasteiger partial charge >= 0.3 is 0 Å². The first-order valence-corrected chi connectivity index (χ1v) is 14.3. The van der Waals surface area contributed by atoms with Crippen molar-refractivity contribution in [1.29, 1.82) is 0 Å². The molecule has 2 aliphatic rings. The molecule has 218 valence electrons. The van der Waals surface area contributed by atoms with E-state index in [1.54, 1.807) is 29.0 Å². The number of hydrogen-bond acceptors (Lipinski definition) is 7. The summed E-state index contributed by atoms with van der Waals surface area (Å²) in [6.07, 6.45) is 3.44. The maximum absolute atomic E-state index is 13.9. The molecule has 0 radical (unpaired) electrons. The topological polar surface area (TPSA) is 134 Å². The first-order valence-electron chi connectivity index (χ1n) is 14.3. The molecule has 0 aliphatic carbocycles. The lowest BCUT2D eigenvalue weighted by Gasteiger charge is -2.27. The molecule has 2 amide bonds. The predicted octanol–water partition coefficient (Wildman–Crippen LogP) is 1.89. The molecule has 11 nitrogen and oxygen atoms in total. The van der Waals surface area contributed by atoms with Crippen molar-refractivity contribution < 1.29 is 14.3 Å². The molecular weight excluding hydrogens is 534 g/mol. The van der Waals surface area contributed by atoms with Crippen LogP contribution in [0.1, 0.15) is 35.4 Å². The molecule has 11 heteroatoms. The monoisotopic (exact) mass is 569 g/mol. The summed E-state index contributed by atoms with van der Waals surface area (Å²) in [7, 11) is 3.48. The molecule has 6 rings (SSSR count). The average Bonchev–Trinajstić information content (AvgIpc) is 3.75. The van der Waals surface area contributed by atoms with E-state index in [-0.39, 0.29) is 29.2 Å². The number of pyridine rings is 1. The Morgan fingerprint density at radius 2 is 1.90 bits per heavy atom. The highest BCUT2D eigenvalue weighted by Gasteiger charge is 2.43. The molecule has 2 aromatic carbocycles. The highest BCUT2D eigenvalue weighted by atomic mass is 16.5. The largest absolute Gasteiger partial charge is 0.497 e. The van der Waals surface area contributed by atoms with Gasteiger partial charge in [0.2, 0.25) is 11.8 Å². The molecule has 4 aromatic rings. The molecule has 2 aliphatic heterocycles. The first-order chi connectivity index (χ1) is 20.4. The van der Waals surface area contributed by atoms with Gasteiger partial charge in [0.1, 0.15) is 17.3 Å². The van der Waals surface area contributed by atoms with Crippen molar-refractivity contribution in [2.45, 2.75) is 43.8 Å². The second-order valence-corrected chi connectivity index (χ2v) is 11.3.